The van der Waals surface area contributed by atoms with Crippen molar-refractivity contribution in [3.63, 3.8) is 0 Å². The summed E-state index contributed by atoms with van der Waals surface area (Å²) in [6, 6.07) is 0.957. The van der Waals surface area contributed by atoms with Crippen LogP contribution in [0.25, 0.3) is 0 Å². The number of hydrogen-bond acceptors (Lipinski definition) is 3. The van der Waals surface area contributed by atoms with E-state index < -0.39 is 0 Å². The standard InChI is InChI=1S/C11H23N3/c1-9(2)11(12-3)10-8-13(4)6-7-14(10)5/h10-12H,1,6-8H2,2-5H3. The van der Waals surface area contributed by atoms with Gasteiger partial charge in [-0.2, -0.15) is 0 Å². The van der Waals surface area contributed by atoms with E-state index >= 15 is 0 Å². The van der Waals surface area contributed by atoms with Gasteiger partial charge in [-0.15, -0.1) is 0 Å². The van der Waals surface area contributed by atoms with Crippen molar-refractivity contribution in [2.45, 2.75) is 19.0 Å². The van der Waals surface area contributed by atoms with Crippen LogP contribution in [-0.2, 0) is 0 Å². The van der Waals surface area contributed by atoms with Gasteiger partial charge in [-0.25, -0.2) is 0 Å². The lowest BCUT2D eigenvalue weighted by molar-refractivity contribution is 0.0979. The molecule has 1 aliphatic rings. The fraction of sp³-hybridized carbons (Fsp3) is 0.818. The predicted molar refractivity (Wildman–Crippen MR) is 61.6 cm³/mol. The Morgan fingerprint density at radius 3 is 2.57 bits per heavy atom. The van der Waals surface area contributed by atoms with E-state index in [0.29, 0.717) is 12.1 Å². The number of nitrogens with one attached hydrogen (secondary N) is 1. The molecule has 1 rings (SSSR count). The molecule has 0 radical (unpaired) electrons. The molecular formula is C11H23N3. The minimum Gasteiger partial charge on any atom is -0.312 e. The molecule has 1 N–H and O–H groups in total. The molecule has 3 heteroatoms. The van der Waals surface area contributed by atoms with E-state index in [4.69, 9.17) is 0 Å². The smallest absolute Gasteiger partial charge is 0.0442 e. The normalized spacial score (nSPS) is 27.6. The summed E-state index contributed by atoms with van der Waals surface area (Å²) >= 11 is 0. The number of hydrogen-bond donors (Lipinski definition) is 1. The Morgan fingerprint density at radius 2 is 2.07 bits per heavy atom. The third kappa shape index (κ3) is 2.56. The number of piperazine rings is 1. The second kappa shape index (κ2) is 4.91. The third-order valence-electron chi connectivity index (χ3n) is 3.13. The minimum absolute atomic E-state index is 0.405. The Morgan fingerprint density at radius 1 is 1.43 bits per heavy atom. The second-order valence-electron chi connectivity index (χ2n) is 4.42. The Kier molecular flexibility index (Phi) is 4.11. The van der Waals surface area contributed by atoms with E-state index in [0.717, 1.165) is 13.1 Å². The summed E-state index contributed by atoms with van der Waals surface area (Å²) in [5, 5.41) is 3.35. The maximum atomic E-state index is 4.05. The van der Waals surface area contributed by atoms with Crippen molar-refractivity contribution in [1.82, 2.24) is 15.1 Å². The summed E-state index contributed by atoms with van der Waals surface area (Å²) in [5.41, 5.74) is 1.22. The zero-order valence-corrected chi connectivity index (χ0v) is 9.88. The van der Waals surface area contributed by atoms with E-state index in [-0.39, 0.29) is 0 Å². The topological polar surface area (TPSA) is 18.5 Å². The Hall–Kier alpha value is -0.380. The van der Waals surface area contributed by atoms with Crippen LogP contribution < -0.4 is 5.32 Å². The fourth-order valence-electron chi connectivity index (χ4n) is 2.17. The second-order valence-corrected chi connectivity index (χ2v) is 4.42. The molecule has 1 aliphatic heterocycles. The molecule has 0 aromatic heterocycles. The van der Waals surface area contributed by atoms with E-state index in [2.05, 4.69) is 42.7 Å². The van der Waals surface area contributed by atoms with E-state index in [1.807, 2.05) is 7.05 Å². The largest absolute Gasteiger partial charge is 0.312 e. The summed E-state index contributed by atoms with van der Waals surface area (Å²) in [7, 11) is 6.40. The maximum Gasteiger partial charge on any atom is 0.0442 e. The Bertz CT molecular complexity index is 203. The van der Waals surface area contributed by atoms with Crippen molar-refractivity contribution in [2.24, 2.45) is 0 Å². The first kappa shape index (κ1) is 11.7. The van der Waals surface area contributed by atoms with Gasteiger partial charge >= 0.3 is 0 Å². The monoisotopic (exact) mass is 197 g/mol. The highest BCUT2D eigenvalue weighted by Gasteiger charge is 2.28. The van der Waals surface area contributed by atoms with Crippen molar-refractivity contribution in [2.75, 3.05) is 40.8 Å². The molecule has 2 atom stereocenters. The van der Waals surface area contributed by atoms with Crippen molar-refractivity contribution >= 4 is 0 Å². The summed E-state index contributed by atoms with van der Waals surface area (Å²) in [6.07, 6.45) is 0. The lowest BCUT2D eigenvalue weighted by Crippen LogP contribution is -2.58. The van der Waals surface area contributed by atoms with Crippen molar-refractivity contribution in [3.8, 4) is 0 Å². The third-order valence-corrected chi connectivity index (χ3v) is 3.13. The van der Waals surface area contributed by atoms with Crippen LogP contribution in [0.1, 0.15) is 6.92 Å². The first-order chi connectivity index (χ1) is 6.56. The molecule has 0 aromatic rings. The molecule has 0 spiro atoms. The van der Waals surface area contributed by atoms with Gasteiger partial charge in [-0.05, 0) is 28.1 Å². The van der Waals surface area contributed by atoms with Crippen molar-refractivity contribution in [1.29, 1.82) is 0 Å². The van der Waals surface area contributed by atoms with Crippen LogP contribution in [0.2, 0.25) is 0 Å². The summed E-state index contributed by atoms with van der Waals surface area (Å²) in [5.74, 6) is 0. The Labute approximate surface area is 87.8 Å². The molecule has 0 amide bonds. The molecule has 0 bridgehead atoms. The van der Waals surface area contributed by atoms with Crippen LogP contribution in [0.4, 0.5) is 0 Å². The van der Waals surface area contributed by atoms with Crippen LogP contribution in [0.5, 0.6) is 0 Å². The SMILES string of the molecule is C=C(C)C(NC)C1CN(C)CCN1C. The molecule has 1 heterocycles. The van der Waals surface area contributed by atoms with Crippen LogP contribution in [0.3, 0.4) is 0 Å². The zero-order valence-electron chi connectivity index (χ0n) is 9.88. The van der Waals surface area contributed by atoms with E-state index in [1.165, 1.54) is 12.1 Å². The van der Waals surface area contributed by atoms with Gasteiger partial charge in [-0.1, -0.05) is 12.2 Å². The highest BCUT2D eigenvalue weighted by atomic mass is 15.3. The molecular weight excluding hydrogens is 174 g/mol. The van der Waals surface area contributed by atoms with Crippen LogP contribution in [-0.4, -0.2) is 62.7 Å². The van der Waals surface area contributed by atoms with Gasteiger partial charge < -0.3 is 10.2 Å². The average Bonchev–Trinajstić information content (AvgIpc) is 2.11. The van der Waals surface area contributed by atoms with Gasteiger partial charge in [0.15, 0.2) is 0 Å². The number of nitrogens with zero attached hydrogens (tertiary/aromatic N) is 2. The minimum atomic E-state index is 0.405. The molecule has 14 heavy (non-hydrogen) atoms. The van der Waals surface area contributed by atoms with Crippen LogP contribution in [0, 0.1) is 0 Å². The number of likely N-dealkylation sites (N-methyl/N-ethyl adjacent to an activating group) is 3. The number of rotatable bonds is 3. The van der Waals surface area contributed by atoms with Gasteiger partial charge in [0, 0.05) is 31.7 Å². The molecule has 1 saturated heterocycles. The highest BCUT2D eigenvalue weighted by Crippen LogP contribution is 2.14. The average molecular weight is 197 g/mol. The molecule has 82 valence electrons. The van der Waals surface area contributed by atoms with Crippen LogP contribution in [0.15, 0.2) is 12.2 Å². The van der Waals surface area contributed by atoms with Crippen molar-refractivity contribution < 1.29 is 0 Å². The first-order valence-corrected chi connectivity index (χ1v) is 5.27. The first-order valence-electron chi connectivity index (χ1n) is 5.27. The Balaban J connectivity index is 2.66. The van der Waals surface area contributed by atoms with Gasteiger partial charge in [0.05, 0.1) is 0 Å². The van der Waals surface area contributed by atoms with Crippen LogP contribution >= 0.6 is 0 Å². The van der Waals surface area contributed by atoms with E-state index in [9.17, 15) is 0 Å². The molecule has 0 aliphatic carbocycles. The highest BCUT2D eigenvalue weighted by molar-refractivity contribution is 5.08. The molecule has 1 fully saturated rings. The quantitative estimate of drug-likeness (QED) is 0.661. The fourth-order valence-corrected chi connectivity index (χ4v) is 2.17. The van der Waals surface area contributed by atoms with E-state index in [1.54, 1.807) is 0 Å². The van der Waals surface area contributed by atoms with Gasteiger partial charge in [0.25, 0.3) is 0 Å². The van der Waals surface area contributed by atoms with Gasteiger partial charge in [-0.3, -0.25) is 4.90 Å². The summed E-state index contributed by atoms with van der Waals surface area (Å²) in [6.45, 7) is 9.59. The van der Waals surface area contributed by atoms with Gasteiger partial charge in [0.2, 0.25) is 0 Å². The molecule has 0 aromatic carbocycles. The maximum absolute atomic E-state index is 4.05. The van der Waals surface area contributed by atoms with Gasteiger partial charge in [0.1, 0.15) is 0 Å². The zero-order chi connectivity index (χ0) is 10.7. The lowest BCUT2D eigenvalue weighted by atomic mass is 9.98. The molecule has 3 nitrogen and oxygen atoms in total. The molecule has 0 saturated carbocycles. The lowest BCUT2D eigenvalue weighted by Gasteiger charge is -2.42. The predicted octanol–water partition coefficient (Wildman–Crippen LogP) is 0.396. The van der Waals surface area contributed by atoms with Crippen molar-refractivity contribution in [3.05, 3.63) is 12.2 Å². The summed E-state index contributed by atoms with van der Waals surface area (Å²) in [4.78, 5) is 4.81. The summed E-state index contributed by atoms with van der Waals surface area (Å²) < 4.78 is 0. The molecule has 2 unspecified atom stereocenters.